The fraction of sp³-hybridized carbons (Fsp3) is 0.176. The van der Waals surface area contributed by atoms with Gasteiger partial charge in [-0.1, -0.05) is 23.7 Å². The van der Waals surface area contributed by atoms with Crippen LogP contribution in [0, 0.1) is 0 Å². The molecule has 110 valence electrons. The molecule has 0 spiro atoms. The van der Waals surface area contributed by atoms with Gasteiger partial charge in [0, 0.05) is 11.6 Å². The van der Waals surface area contributed by atoms with Crippen molar-refractivity contribution in [3.8, 4) is 0 Å². The fourth-order valence-electron chi connectivity index (χ4n) is 2.77. The molecule has 0 aliphatic heterocycles. The minimum absolute atomic E-state index is 0.564. The van der Waals surface area contributed by atoms with E-state index >= 15 is 0 Å². The van der Waals surface area contributed by atoms with E-state index < -0.39 is 0 Å². The molecule has 0 N–H and O–H groups in total. The number of rotatable bonds is 3. The number of benzene rings is 2. The van der Waals surface area contributed by atoms with E-state index in [1.54, 1.807) is 6.07 Å². The highest BCUT2D eigenvalue weighted by molar-refractivity contribution is 6.31. The Bertz CT molecular complexity index is 971. The zero-order chi connectivity index (χ0) is 15.1. The average molecular weight is 312 g/mol. The molecule has 0 aliphatic rings. The van der Waals surface area contributed by atoms with Crippen LogP contribution in [-0.4, -0.2) is 14.5 Å². The van der Waals surface area contributed by atoms with Gasteiger partial charge in [-0.3, -0.25) is 0 Å². The van der Waals surface area contributed by atoms with Gasteiger partial charge in [-0.15, -0.1) is 0 Å². The number of imidazole rings is 1. The third kappa shape index (κ3) is 2.16. The molecule has 2 aromatic carbocycles. The number of nitrogens with zero attached hydrogens (tertiary/aromatic N) is 3. The Morgan fingerprint density at radius 2 is 1.95 bits per heavy atom. The van der Waals surface area contributed by atoms with Gasteiger partial charge in [0.25, 0.3) is 0 Å². The number of halogens is 1. The lowest BCUT2D eigenvalue weighted by Gasteiger charge is -2.03. The highest BCUT2D eigenvalue weighted by Gasteiger charge is 2.13. The minimum Gasteiger partial charge on any atom is -0.440 e. The van der Waals surface area contributed by atoms with Crippen LogP contribution in [0.1, 0.15) is 18.6 Å². The van der Waals surface area contributed by atoms with E-state index in [0.29, 0.717) is 17.3 Å². The summed E-state index contributed by atoms with van der Waals surface area (Å²) in [4.78, 5) is 9.21. The van der Waals surface area contributed by atoms with Crippen LogP contribution in [0.3, 0.4) is 0 Å². The van der Waals surface area contributed by atoms with Gasteiger partial charge in [-0.25, -0.2) is 9.97 Å². The maximum atomic E-state index is 5.99. The Kier molecular flexibility index (Phi) is 3.12. The number of fused-ring (bicyclic) bond motifs is 2. The van der Waals surface area contributed by atoms with Crippen molar-refractivity contribution in [3.05, 3.63) is 59.2 Å². The molecule has 2 heterocycles. The van der Waals surface area contributed by atoms with E-state index in [1.807, 2.05) is 30.3 Å². The summed E-state index contributed by atoms with van der Waals surface area (Å²) in [7, 11) is 0. The molecule has 0 saturated heterocycles. The van der Waals surface area contributed by atoms with Crippen LogP contribution in [0.15, 0.2) is 46.9 Å². The zero-order valence-corrected chi connectivity index (χ0v) is 12.8. The third-order valence-electron chi connectivity index (χ3n) is 3.75. The predicted octanol–water partition coefficient (Wildman–Crippen LogP) is 4.44. The van der Waals surface area contributed by atoms with Crippen LogP contribution in [0.2, 0.25) is 5.02 Å². The second kappa shape index (κ2) is 5.14. The molecular weight excluding hydrogens is 298 g/mol. The maximum absolute atomic E-state index is 5.99. The largest absolute Gasteiger partial charge is 0.440 e. The first-order valence-electron chi connectivity index (χ1n) is 7.23. The Balaban J connectivity index is 1.78. The normalized spacial score (nSPS) is 11.5. The Morgan fingerprint density at radius 1 is 1.09 bits per heavy atom. The summed E-state index contributed by atoms with van der Waals surface area (Å²) in [6.07, 6.45) is 0.564. The van der Waals surface area contributed by atoms with Gasteiger partial charge < -0.3 is 8.98 Å². The topological polar surface area (TPSA) is 43.9 Å². The van der Waals surface area contributed by atoms with Crippen LogP contribution in [-0.2, 0) is 13.0 Å². The highest BCUT2D eigenvalue weighted by Crippen LogP contribution is 2.23. The summed E-state index contributed by atoms with van der Waals surface area (Å²) in [6, 6.07) is 13.6. The van der Waals surface area contributed by atoms with Gasteiger partial charge in [0.05, 0.1) is 17.5 Å². The molecule has 22 heavy (non-hydrogen) atoms. The average Bonchev–Trinajstić information content (AvgIpc) is 3.06. The monoisotopic (exact) mass is 311 g/mol. The van der Waals surface area contributed by atoms with Gasteiger partial charge in [0.1, 0.15) is 11.3 Å². The standard InChI is InChI=1S/C17H14ClN3O/c1-2-21-14-6-4-3-5-12(14)19-16(21)10-17-20-13-9-11(18)7-8-15(13)22-17/h3-9H,2,10H2,1H3. The maximum Gasteiger partial charge on any atom is 0.203 e. The van der Waals surface area contributed by atoms with Gasteiger partial charge >= 0.3 is 0 Å². The van der Waals surface area contributed by atoms with Crippen LogP contribution in [0.4, 0.5) is 0 Å². The smallest absolute Gasteiger partial charge is 0.203 e. The van der Waals surface area contributed by atoms with Crippen molar-refractivity contribution in [1.29, 1.82) is 0 Å². The summed E-state index contributed by atoms with van der Waals surface area (Å²) >= 11 is 5.99. The summed E-state index contributed by atoms with van der Waals surface area (Å²) < 4.78 is 7.99. The number of para-hydroxylation sites is 2. The van der Waals surface area contributed by atoms with E-state index in [9.17, 15) is 0 Å². The number of oxazole rings is 1. The van der Waals surface area contributed by atoms with Crippen LogP contribution >= 0.6 is 11.6 Å². The van der Waals surface area contributed by atoms with Crippen LogP contribution in [0.25, 0.3) is 22.1 Å². The van der Waals surface area contributed by atoms with E-state index in [2.05, 4.69) is 22.5 Å². The molecule has 0 aliphatic carbocycles. The van der Waals surface area contributed by atoms with Crippen molar-refractivity contribution < 1.29 is 4.42 Å². The lowest BCUT2D eigenvalue weighted by Crippen LogP contribution is -2.02. The first kappa shape index (κ1) is 13.3. The summed E-state index contributed by atoms with van der Waals surface area (Å²) in [5, 5.41) is 0.660. The SMILES string of the molecule is CCn1c(Cc2nc3cc(Cl)ccc3o2)nc2ccccc21. The summed E-state index contributed by atoms with van der Waals surface area (Å²) in [5.41, 5.74) is 3.66. The minimum atomic E-state index is 0.564. The van der Waals surface area contributed by atoms with Crippen molar-refractivity contribution in [1.82, 2.24) is 14.5 Å². The van der Waals surface area contributed by atoms with Gasteiger partial charge in [0.15, 0.2) is 5.58 Å². The van der Waals surface area contributed by atoms with Crippen molar-refractivity contribution in [2.75, 3.05) is 0 Å². The summed E-state index contributed by atoms with van der Waals surface area (Å²) in [5.74, 6) is 1.61. The molecule has 0 amide bonds. The zero-order valence-electron chi connectivity index (χ0n) is 12.1. The molecule has 0 atom stereocenters. The number of hydrogen-bond donors (Lipinski definition) is 0. The molecular formula is C17H14ClN3O. The van der Waals surface area contributed by atoms with Crippen LogP contribution in [0.5, 0.6) is 0 Å². The second-order valence-electron chi connectivity index (χ2n) is 5.16. The number of hydrogen-bond acceptors (Lipinski definition) is 3. The lowest BCUT2D eigenvalue weighted by molar-refractivity contribution is 0.533. The van der Waals surface area contributed by atoms with Gasteiger partial charge in [-0.05, 0) is 37.3 Å². The molecule has 0 radical (unpaired) electrons. The fourth-order valence-corrected chi connectivity index (χ4v) is 2.94. The molecule has 0 unspecified atom stereocenters. The number of aryl methyl sites for hydroxylation is 1. The summed E-state index contributed by atoms with van der Waals surface area (Å²) in [6.45, 7) is 2.98. The second-order valence-corrected chi connectivity index (χ2v) is 5.59. The predicted molar refractivity (Wildman–Crippen MR) is 87.2 cm³/mol. The molecule has 4 aromatic rings. The quantitative estimate of drug-likeness (QED) is 0.562. The Hall–Kier alpha value is -2.33. The van der Waals surface area contributed by atoms with Crippen molar-refractivity contribution in [2.45, 2.75) is 19.9 Å². The first-order chi connectivity index (χ1) is 10.7. The van der Waals surface area contributed by atoms with Gasteiger partial charge in [0.2, 0.25) is 5.89 Å². The van der Waals surface area contributed by atoms with E-state index in [4.69, 9.17) is 21.0 Å². The molecule has 0 fully saturated rings. The molecule has 4 rings (SSSR count). The first-order valence-corrected chi connectivity index (χ1v) is 7.61. The van der Waals surface area contributed by atoms with E-state index in [1.165, 1.54) is 0 Å². The van der Waals surface area contributed by atoms with Crippen molar-refractivity contribution >= 4 is 33.7 Å². The lowest BCUT2D eigenvalue weighted by atomic mass is 10.3. The van der Waals surface area contributed by atoms with Crippen molar-refractivity contribution in [2.24, 2.45) is 0 Å². The third-order valence-corrected chi connectivity index (χ3v) is 3.99. The van der Waals surface area contributed by atoms with Crippen molar-refractivity contribution in [3.63, 3.8) is 0 Å². The number of aromatic nitrogens is 3. The Morgan fingerprint density at radius 3 is 2.82 bits per heavy atom. The molecule has 4 nitrogen and oxygen atoms in total. The van der Waals surface area contributed by atoms with E-state index in [-0.39, 0.29) is 0 Å². The van der Waals surface area contributed by atoms with E-state index in [0.717, 1.165) is 34.5 Å². The Labute approximate surface area is 132 Å². The highest BCUT2D eigenvalue weighted by atomic mass is 35.5. The van der Waals surface area contributed by atoms with Gasteiger partial charge in [-0.2, -0.15) is 0 Å². The molecule has 0 bridgehead atoms. The van der Waals surface area contributed by atoms with Crippen LogP contribution < -0.4 is 0 Å². The molecule has 5 heteroatoms. The molecule has 2 aromatic heterocycles. The molecule has 0 saturated carbocycles.